The SMILES string of the molecule is CC[C@H](Cc1ccccc1)NC(=O)c1ccc(-c2noc(=O)[nH]2)c(OC)c1. The Morgan fingerprint density at radius 3 is 2.67 bits per heavy atom. The van der Waals surface area contributed by atoms with Crippen molar-refractivity contribution in [1.82, 2.24) is 15.5 Å². The van der Waals surface area contributed by atoms with Gasteiger partial charge in [0.25, 0.3) is 5.91 Å². The van der Waals surface area contributed by atoms with Gasteiger partial charge < -0.3 is 10.1 Å². The summed E-state index contributed by atoms with van der Waals surface area (Å²) in [5.41, 5.74) is 2.18. The number of ether oxygens (including phenoxy) is 1. The molecule has 1 atom stereocenters. The zero-order valence-corrected chi connectivity index (χ0v) is 15.2. The molecule has 0 bridgehead atoms. The predicted molar refractivity (Wildman–Crippen MR) is 101 cm³/mol. The Morgan fingerprint density at radius 1 is 1.26 bits per heavy atom. The summed E-state index contributed by atoms with van der Waals surface area (Å²) >= 11 is 0. The summed E-state index contributed by atoms with van der Waals surface area (Å²) in [5, 5.41) is 6.71. The molecule has 0 saturated heterocycles. The van der Waals surface area contributed by atoms with Crippen molar-refractivity contribution >= 4 is 5.91 Å². The maximum atomic E-state index is 12.7. The molecule has 140 valence electrons. The number of carbonyl (C=O) groups is 1. The molecule has 0 spiro atoms. The third-order valence-electron chi connectivity index (χ3n) is 4.31. The molecule has 1 aromatic heterocycles. The maximum Gasteiger partial charge on any atom is 0.439 e. The van der Waals surface area contributed by atoms with Crippen LogP contribution in [0.4, 0.5) is 0 Å². The van der Waals surface area contributed by atoms with E-state index in [0.717, 1.165) is 12.8 Å². The van der Waals surface area contributed by atoms with Crippen LogP contribution in [0, 0.1) is 0 Å². The van der Waals surface area contributed by atoms with E-state index < -0.39 is 5.76 Å². The van der Waals surface area contributed by atoms with Crippen LogP contribution in [-0.2, 0) is 6.42 Å². The van der Waals surface area contributed by atoms with E-state index >= 15 is 0 Å². The number of hydrogen-bond donors (Lipinski definition) is 2. The first kappa shape index (κ1) is 18.4. The fraction of sp³-hybridized carbons (Fsp3) is 0.250. The Hall–Kier alpha value is -3.35. The number of aromatic amines is 1. The van der Waals surface area contributed by atoms with Gasteiger partial charge in [-0.25, -0.2) is 4.79 Å². The number of amides is 1. The first-order valence-electron chi connectivity index (χ1n) is 8.70. The number of carbonyl (C=O) groups excluding carboxylic acids is 1. The molecule has 3 aromatic rings. The van der Waals surface area contributed by atoms with E-state index in [1.54, 1.807) is 18.2 Å². The van der Waals surface area contributed by atoms with Gasteiger partial charge in [-0.1, -0.05) is 42.4 Å². The summed E-state index contributed by atoms with van der Waals surface area (Å²) in [7, 11) is 1.49. The van der Waals surface area contributed by atoms with Crippen LogP contribution in [-0.4, -0.2) is 29.2 Å². The Balaban J connectivity index is 1.76. The fourth-order valence-electron chi connectivity index (χ4n) is 2.84. The standard InChI is InChI=1S/C20H21N3O4/c1-3-15(11-13-7-5-4-6-8-13)21-19(24)14-9-10-16(17(12-14)26-2)18-22-20(25)27-23-18/h4-10,12,15H,3,11H2,1-2H3,(H,21,24)(H,22,23,25)/t15-/m1/s1. The van der Waals surface area contributed by atoms with E-state index in [0.29, 0.717) is 16.9 Å². The predicted octanol–water partition coefficient (Wildman–Crippen LogP) is 2.79. The van der Waals surface area contributed by atoms with Gasteiger partial charge in [-0.15, -0.1) is 0 Å². The smallest absolute Gasteiger partial charge is 0.439 e. The number of nitrogens with one attached hydrogen (secondary N) is 2. The Bertz CT molecular complexity index is 963. The van der Waals surface area contributed by atoms with Crippen LogP contribution in [0.15, 0.2) is 57.8 Å². The molecule has 1 heterocycles. The van der Waals surface area contributed by atoms with Crippen molar-refractivity contribution in [3.05, 3.63) is 70.2 Å². The number of hydrogen-bond acceptors (Lipinski definition) is 5. The molecule has 0 unspecified atom stereocenters. The second-order valence-corrected chi connectivity index (χ2v) is 6.13. The highest BCUT2D eigenvalue weighted by Gasteiger charge is 2.17. The van der Waals surface area contributed by atoms with Gasteiger partial charge in [-0.3, -0.25) is 14.3 Å². The highest BCUT2D eigenvalue weighted by Crippen LogP contribution is 2.28. The van der Waals surface area contributed by atoms with Crippen molar-refractivity contribution in [2.24, 2.45) is 0 Å². The molecular weight excluding hydrogens is 346 g/mol. The van der Waals surface area contributed by atoms with Gasteiger partial charge in [0.05, 0.1) is 12.7 Å². The molecular formula is C20H21N3O4. The molecule has 2 aromatic carbocycles. The molecule has 0 fully saturated rings. The van der Waals surface area contributed by atoms with E-state index in [4.69, 9.17) is 4.74 Å². The van der Waals surface area contributed by atoms with Gasteiger partial charge in [0, 0.05) is 11.6 Å². The summed E-state index contributed by atoms with van der Waals surface area (Å²) in [5.74, 6) is -0.167. The number of aromatic nitrogens is 2. The van der Waals surface area contributed by atoms with Gasteiger partial charge >= 0.3 is 5.76 Å². The van der Waals surface area contributed by atoms with Gasteiger partial charge in [0.2, 0.25) is 0 Å². The number of nitrogens with zero attached hydrogens (tertiary/aromatic N) is 1. The minimum Gasteiger partial charge on any atom is -0.496 e. The van der Waals surface area contributed by atoms with Crippen molar-refractivity contribution in [3.63, 3.8) is 0 Å². The second kappa shape index (κ2) is 8.35. The van der Waals surface area contributed by atoms with Crippen LogP contribution in [0.5, 0.6) is 5.75 Å². The van der Waals surface area contributed by atoms with Crippen LogP contribution < -0.4 is 15.8 Å². The Morgan fingerprint density at radius 2 is 2.04 bits per heavy atom. The third kappa shape index (κ3) is 4.44. The van der Waals surface area contributed by atoms with E-state index in [1.165, 1.54) is 12.7 Å². The largest absolute Gasteiger partial charge is 0.496 e. The lowest BCUT2D eigenvalue weighted by Crippen LogP contribution is -2.36. The molecule has 0 saturated carbocycles. The molecule has 0 aliphatic heterocycles. The third-order valence-corrected chi connectivity index (χ3v) is 4.31. The van der Waals surface area contributed by atoms with Gasteiger partial charge in [-0.2, -0.15) is 0 Å². The molecule has 0 radical (unpaired) electrons. The minimum atomic E-state index is -0.652. The molecule has 3 rings (SSSR count). The molecule has 0 aliphatic carbocycles. The summed E-state index contributed by atoms with van der Waals surface area (Å²) in [6.07, 6.45) is 1.58. The molecule has 2 N–H and O–H groups in total. The topological polar surface area (TPSA) is 97.2 Å². The highest BCUT2D eigenvalue weighted by atomic mass is 16.5. The van der Waals surface area contributed by atoms with Crippen molar-refractivity contribution in [1.29, 1.82) is 0 Å². The average molecular weight is 367 g/mol. The summed E-state index contributed by atoms with van der Waals surface area (Å²) < 4.78 is 9.87. The number of benzene rings is 2. The van der Waals surface area contributed by atoms with E-state index in [1.807, 2.05) is 37.3 Å². The van der Waals surface area contributed by atoms with Crippen molar-refractivity contribution in [2.75, 3.05) is 7.11 Å². The zero-order valence-electron chi connectivity index (χ0n) is 15.2. The van der Waals surface area contributed by atoms with Crippen molar-refractivity contribution in [2.45, 2.75) is 25.8 Å². The van der Waals surface area contributed by atoms with Crippen LogP contribution in [0.25, 0.3) is 11.4 Å². The Kier molecular flexibility index (Phi) is 5.71. The van der Waals surface area contributed by atoms with Gasteiger partial charge in [0.15, 0.2) is 5.82 Å². The lowest BCUT2D eigenvalue weighted by Gasteiger charge is -2.17. The fourth-order valence-corrected chi connectivity index (χ4v) is 2.84. The van der Waals surface area contributed by atoms with E-state index in [-0.39, 0.29) is 17.8 Å². The lowest BCUT2D eigenvalue weighted by atomic mass is 10.0. The quantitative estimate of drug-likeness (QED) is 0.669. The highest BCUT2D eigenvalue weighted by molar-refractivity contribution is 5.95. The van der Waals surface area contributed by atoms with Crippen LogP contribution in [0.1, 0.15) is 29.3 Å². The normalized spacial score (nSPS) is 11.8. The minimum absolute atomic E-state index is 0.0254. The Labute approximate surface area is 156 Å². The van der Waals surface area contributed by atoms with E-state index in [2.05, 4.69) is 20.0 Å². The zero-order chi connectivity index (χ0) is 19.2. The molecule has 27 heavy (non-hydrogen) atoms. The second-order valence-electron chi connectivity index (χ2n) is 6.13. The first-order chi connectivity index (χ1) is 13.1. The number of H-pyrrole nitrogens is 1. The summed E-state index contributed by atoms with van der Waals surface area (Å²) in [4.78, 5) is 26.3. The van der Waals surface area contributed by atoms with Crippen LogP contribution in [0.3, 0.4) is 0 Å². The lowest BCUT2D eigenvalue weighted by molar-refractivity contribution is 0.0935. The first-order valence-corrected chi connectivity index (χ1v) is 8.70. The molecule has 0 aliphatic rings. The number of methoxy groups -OCH3 is 1. The van der Waals surface area contributed by atoms with Gasteiger partial charge in [0.1, 0.15) is 5.75 Å². The average Bonchev–Trinajstić information content (AvgIpc) is 3.13. The van der Waals surface area contributed by atoms with E-state index in [9.17, 15) is 9.59 Å². The van der Waals surface area contributed by atoms with Crippen LogP contribution in [0.2, 0.25) is 0 Å². The molecule has 7 heteroatoms. The van der Waals surface area contributed by atoms with Gasteiger partial charge in [-0.05, 0) is 36.6 Å². The summed E-state index contributed by atoms with van der Waals surface area (Å²) in [6.45, 7) is 2.04. The van der Waals surface area contributed by atoms with Crippen molar-refractivity contribution in [3.8, 4) is 17.1 Å². The summed E-state index contributed by atoms with van der Waals surface area (Å²) in [6, 6.07) is 15.0. The molecule has 7 nitrogen and oxygen atoms in total. The maximum absolute atomic E-state index is 12.7. The van der Waals surface area contributed by atoms with Crippen LogP contribution >= 0.6 is 0 Å². The molecule has 1 amide bonds. The number of rotatable bonds is 7. The monoisotopic (exact) mass is 367 g/mol. The van der Waals surface area contributed by atoms with Crippen molar-refractivity contribution < 1.29 is 14.1 Å².